The molecule has 0 atom stereocenters. The molecular weight excluding hydrogens is 327 g/mol. The van der Waals surface area contributed by atoms with Crippen LogP contribution in [0.2, 0.25) is 5.02 Å². The summed E-state index contributed by atoms with van der Waals surface area (Å²) in [6.45, 7) is 0.496. The Labute approximate surface area is 143 Å². The molecule has 5 heteroatoms. The summed E-state index contributed by atoms with van der Waals surface area (Å²) < 4.78 is 13.7. The summed E-state index contributed by atoms with van der Waals surface area (Å²) in [5, 5.41) is 4.70. The Bertz CT molecular complexity index is 930. The normalized spacial score (nSPS) is 15.4. The fourth-order valence-electron chi connectivity index (χ4n) is 3.22. The second-order valence-electron chi connectivity index (χ2n) is 6.34. The Morgan fingerprint density at radius 3 is 2.79 bits per heavy atom. The van der Waals surface area contributed by atoms with Crippen LogP contribution in [0.3, 0.4) is 0 Å². The Morgan fingerprint density at radius 2 is 2.04 bits per heavy atom. The van der Waals surface area contributed by atoms with Crippen molar-refractivity contribution < 1.29 is 9.18 Å². The van der Waals surface area contributed by atoms with Gasteiger partial charge >= 0.3 is 0 Å². The van der Waals surface area contributed by atoms with Gasteiger partial charge in [-0.05, 0) is 42.7 Å². The molecule has 1 fully saturated rings. The molecule has 1 aliphatic carbocycles. The van der Waals surface area contributed by atoms with Crippen molar-refractivity contribution >= 4 is 28.4 Å². The van der Waals surface area contributed by atoms with E-state index in [1.807, 2.05) is 24.4 Å². The van der Waals surface area contributed by atoms with E-state index in [9.17, 15) is 9.18 Å². The van der Waals surface area contributed by atoms with E-state index in [1.165, 1.54) is 17.7 Å². The highest BCUT2D eigenvalue weighted by molar-refractivity contribution is 6.31. The highest BCUT2D eigenvalue weighted by atomic mass is 35.5. The van der Waals surface area contributed by atoms with Crippen LogP contribution in [0.5, 0.6) is 0 Å². The first-order chi connectivity index (χ1) is 11.6. The molecule has 4 rings (SSSR count). The first kappa shape index (κ1) is 15.2. The zero-order valence-electron chi connectivity index (χ0n) is 12.9. The van der Waals surface area contributed by atoms with E-state index >= 15 is 0 Å². The number of rotatable bonds is 4. The van der Waals surface area contributed by atoms with Crippen molar-refractivity contribution in [1.29, 1.82) is 0 Å². The van der Waals surface area contributed by atoms with Crippen LogP contribution in [-0.4, -0.2) is 17.4 Å². The number of aromatic amines is 1. The van der Waals surface area contributed by atoms with Crippen molar-refractivity contribution in [3.8, 4) is 0 Å². The van der Waals surface area contributed by atoms with Gasteiger partial charge in [0.1, 0.15) is 5.82 Å². The van der Waals surface area contributed by atoms with Gasteiger partial charge in [0, 0.05) is 34.1 Å². The lowest BCUT2D eigenvalue weighted by Gasteiger charge is -2.16. The van der Waals surface area contributed by atoms with Crippen LogP contribution in [-0.2, 0) is 5.41 Å². The van der Waals surface area contributed by atoms with Gasteiger partial charge in [0.15, 0.2) is 0 Å². The third-order valence-corrected chi connectivity index (χ3v) is 5.01. The van der Waals surface area contributed by atoms with Gasteiger partial charge in [-0.2, -0.15) is 0 Å². The van der Waals surface area contributed by atoms with Gasteiger partial charge in [0.05, 0.1) is 5.56 Å². The zero-order valence-corrected chi connectivity index (χ0v) is 13.7. The maximum Gasteiger partial charge on any atom is 0.254 e. The topological polar surface area (TPSA) is 44.9 Å². The molecule has 0 bridgehead atoms. The van der Waals surface area contributed by atoms with Gasteiger partial charge in [-0.3, -0.25) is 4.79 Å². The first-order valence-corrected chi connectivity index (χ1v) is 8.27. The maximum atomic E-state index is 13.7. The minimum absolute atomic E-state index is 0.0764. The Kier molecular flexibility index (Phi) is 3.57. The minimum Gasteiger partial charge on any atom is -0.361 e. The molecule has 3 nitrogen and oxygen atoms in total. The molecule has 24 heavy (non-hydrogen) atoms. The van der Waals surface area contributed by atoms with Crippen LogP contribution >= 0.6 is 11.6 Å². The summed E-state index contributed by atoms with van der Waals surface area (Å²) >= 11 is 6.03. The third kappa shape index (κ3) is 2.57. The van der Waals surface area contributed by atoms with Crippen LogP contribution < -0.4 is 5.32 Å². The highest BCUT2D eigenvalue weighted by Crippen LogP contribution is 2.50. The van der Waals surface area contributed by atoms with Gasteiger partial charge in [-0.1, -0.05) is 29.8 Å². The number of hydrogen-bond acceptors (Lipinski definition) is 1. The molecule has 1 aliphatic rings. The van der Waals surface area contributed by atoms with Crippen LogP contribution in [0.1, 0.15) is 28.8 Å². The molecule has 3 aromatic rings. The molecule has 0 unspecified atom stereocenters. The molecule has 1 amide bonds. The minimum atomic E-state index is -0.499. The standard InChI is InChI=1S/C19H16ClFN2O/c20-12-5-6-13-15(10-22-17(13)9-12)19(7-8-19)11-23-18(24)14-3-1-2-4-16(14)21/h1-6,9-10,22H,7-8,11H2,(H,23,24). The van der Waals surface area contributed by atoms with Crippen molar-refractivity contribution in [3.05, 3.63) is 70.6 Å². The van der Waals surface area contributed by atoms with E-state index in [1.54, 1.807) is 12.1 Å². The number of hydrogen-bond donors (Lipinski definition) is 2. The van der Waals surface area contributed by atoms with E-state index in [-0.39, 0.29) is 16.9 Å². The number of benzene rings is 2. The van der Waals surface area contributed by atoms with Crippen molar-refractivity contribution in [2.75, 3.05) is 6.54 Å². The fourth-order valence-corrected chi connectivity index (χ4v) is 3.39. The average Bonchev–Trinajstić information content (AvgIpc) is 3.25. The quantitative estimate of drug-likeness (QED) is 0.724. The molecule has 1 heterocycles. The lowest BCUT2D eigenvalue weighted by atomic mass is 9.95. The highest BCUT2D eigenvalue weighted by Gasteiger charge is 2.45. The number of fused-ring (bicyclic) bond motifs is 1. The van der Waals surface area contributed by atoms with Crippen molar-refractivity contribution in [2.24, 2.45) is 0 Å². The SMILES string of the molecule is O=C(NCC1(c2c[nH]c3cc(Cl)ccc23)CC1)c1ccccc1F. The van der Waals surface area contributed by atoms with Gasteiger partial charge in [-0.15, -0.1) is 0 Å². The number of nitrogens with one attached hydrogen (secondary N) is 2. The molecule has 0 spiro atoms. The van der Waals surface area contributed by atoms with Crippen LogP contribution in [0.4, 0.5) is 4.39 Å². The summed E-state index contributed by atoms with van der Waals surface area (Å²) in [5.41, 5.74) is 2.18. The predicted octanol–water partition coefficient (Wildman–Crippen LogP) is 4.42. The zero-order chi connectivity index (χ0) is 16.7. The van der Waals surface area contributed by atoms with Gasteiger partial charge in [-0.25, -0.2) is 4.39 Å². The maximum absolute atomic E-state index is 13.7. The lowest BCUT2D eigenvalue weighted by molar-refractivity contribution is 0.0945. The van der Waals surface area contributed by atoms with E-state index in [0.717, 1.165) is 23.7 Å². The number of amides is 1. The van der Waals surface area contributed by atoms with Crippen molar-refractivity contribution in [3.63, 3.8) is 0 Å². The summed E-state index contributed by atoms with van der Waals surface area (Å²) in [5.74, 6) is -0.871. The smallest absolute Gasteiger partial charge is 0.254 e. The van der Waals surface area contributed by atoms with Gasteiger partial charge in [0.25, 0.3) is 5.91 Å². The van der Waals surface area contributed by atoms with E-state index in [4.69, 9.17) is 11.6 Å². The molecular formula is C19H16ClFN2O. The molecule has 2 aromatic carbocycles. The summed E-state index contributed by atoms with van der Waals surface area (Å²) in [7, 11) is 0. The molecule has 1 saturated carbocycles. The van der Waals surface area contributed by atoms with Gasteiger partial charge in [0.2, 0.25) is 0 Å². The summed E-state index contributed by atoms with van der Waals surface area (Å²) in [6.07, 6.45) is 3.99. The molecule has 2 N–H and O–H groups in total. The number of aromatic nitrogens is 1. The molecule has 0 radical (unpaired) electrons. The van der Waals surface area contributed by atoms with Crippen LogP contribution in [0.25, 0.3) is 10.9 Å². The van der Waals surface area contributed by atoms with Crippen LogP contribution in [0.15, 0.2) is 48.7 Å². The summed E-state index contributed by atoms with van der Waals surface area (Å²) in [6, 6.07) is 11.8. The second kappa shape index (κ2) is 5.64. The molecule has 0 aliphatic heterocycles. The van der Waals surface area contributed by atoms with Gasteiger partial charge < -0.3 is 10.3 Å². The first-order valence-electron chi connectivity index (χ1n) is 7.89. The number of H-pyrrole nitrogens is 1. The number of halogens is 2. The largest absolute Gasteiger partial charge is 0.361 e. The molecule has 0 saturated heterocycles. The average molecular weight is 343 g/mol. The molecule has 122 valence electrons. The second-order valence-corrected chi connectivity index (χ2v) is 6.77. The molecule has 1 aromatic heterocycles. The van der Waals surface area contributed by atoms with Crippen molar-refractivity contribution in [1.82, 2.24) is 10.3 Å². The van der Waals surface area contributed by atoms with E-state index in [0.29, 0.717) is 11.6 Å². The van der Waals surface area contributed by atoms with E-state index in [2.05, 4.69) is 10.3 Å². The third-order valence-electron chi connectivity index (χ3n) is 4.77. The van der Waals surface area contributed by atoms with E-state index < -0.39 is 5.82 Å². The van der Waals surface area contributed by atoms with Crippen LogP contribution in [0, 0.1) is 5.82 Å². The lowest BCUT2D eigenvalue weighted by Crippen LogP contribution is -2.32. The summed E-state index contributed by atoms with van der Waals surface area (Å²) in [4.78, 5) is 15.5. The monoisotopic (exact) mass is 342 g/mol. The number of carbonyl (C=O) groups is 1. The Morgan fingerprint density at radius 1 is 1.25 bits per heavy atom. The number of carbonyl (C=O) groups excluding carboxylic acids is 1. The predicted molar refractivity (Wildman–Crippen MR) is 93.0 cm³/mol. The Balaban J connectivity index is 1.56. The Hall–Kier alpha value is -2.33. The fraction of sp³-hybridized carbons (Fsp3) is 0.211. The van der Waals surface area contributed by atoms with Crippen molar-refractivity contribution in [2.45, 2.75) is 18.3 Å².